The second-order valence-electron chi connectivity index (χ2n) is 11.0. The monoisotopic (exact) mass is 458 g/mol. The number of aliphatic hydroxyl groups excluding tert-OH is 1. The van der Waals surface area contributed by atoms with Crippen molar-refractivity contribution in [2.45, 2.75) is 135 Å². The largest absolute Gasteiger partial charge is 0.493 e. The Balaban J connectivity index is 3.05. The molecule has 6 heteroatoms. The van der Waals surface area contributed by atoms with Crippen molar-refractivity contribution in [2.24, 2.45) is 0 Å². The molecule has 0 aromatic carbocycles. The highest BCUT2D eigenvalue weighted by Gasteiger charge is 2.50. The maximum absolute atomic E-state index is 11.2. The molecular weight excluding hydrogens is 408 g/mol. The molecule has 0 amide bonds. The van der Waals surface area contributed by atoms with Crippen LogP contribution in [0, 0.1) is 0 Å². The fourth-order valence-corrected chi connectivity index (χ4v) is 17.2. The van der Waals surface area contributed by atoms with E-state index in [4.69, 9.17) is 13.6 Å². The van der Waals surface area contributed by atoms with Gasteiger partial charge < -0.3 is 18.7 Å². The number of hydrogen-bond acceptors (Lipinski definition) is 4. The minimum Gasteiger partial charge on any atom is -0.493 e. The summed E-state index contributed by atoms with van der Waals surface area (Å²) in [6.45, 7) is 27.8. The van der Waals surface area contributed by atoms with Gasteiger partial charge in [-0.15, -0.1) is 0 Å². The standard InChI is InChI=1S/C24H50O4Si2/c1-16(2)29(17(3)4,18(5)6)27-15-23-24(25)22(13-14-26-23)28-30(19(7)8,20(9)10)21(11)12/h13-14,16-25H,15H2,1-12H3/t22-,23-,24-/m1/s1. The van der Waals surface area contributed by atoms with Crippen LogP contribution in [0.15, 0.2) is 12.3 Å². The van der Waals surface area contributed by atoms with Gasteiger partial charge in [-0.1, -0.05) is 83.1 Å². The Morgan fingerprint density at radius 2 is 1.13 bits per heavy atom. The van der Waals surface area contributed by atoms with Gasteiger partial charge in [-0.2, -0.15) is 0 Å². The van der Waals surface area contributed by atoms with Gasteiger partial charge in [-0.25, -0.2) is 0 Å². The topological polar surface area (TPSA) is 47.9 Å². The summed E-state index contributed by atoms with van der Waals surface area (Å²) in [7, 11) is -4.11. The molecule has 4 nitrogen and oxygen atoms in total. The first-order chi connectivity index (χ1) is 13.7. The summed E-state index contributed by atoms with van der Waals surface area (Å²) in [6.07, 6.45) is 2.18. The number of rotatable bonds is 11. The second-order valence-corrected chi connectivity index (χ2v) is 21.9. The molecule has 30 heavy (non-hydrogen) atoms. The van der Waals surface area contributed by atoms with Crippen LogP contribution in [0.5, 0.6) is 0 Å². The van der Waals surface area contributed by atoms with Gasteiger partial charge in [0.15, 0.2) is 0 Å². The van der Waals surface area contributed by atoms with E-state index in [0.29, 0.717) is 39.9 Å². The van der Waals surface area contributed by atoms with E-state index < -0.39 is 22.7 Å². The Hall–Kier alpha value is -0.146. The molecule has 1 aliphatic rings. The van der Waals surface area contributed by atoms with E-state index in [1.54, 1.807) is 6.26 Å². The highest BCUT2D eigenvalue weighted by atomic mass is 28.4. The van der Waals surface area contributed by atoms with Crippen LogP contribution in [0.4, 0.5) is 0 Å². The van der Waals surface area contributed by atoms with Gasteiger partial charge in [0, 0.05) is 0 Å². The lowest BCUT2D eigenvalue weighted by Gasteiger charge is -2.47. The van der Waals surface area contributed by atoms with Crippen molar-refractivity contribution >= 4 is 16.6 Å². The van der Waals surface area contributed by atoms with Gasteiger partial charge in [0.2, 0.25) is 16.6 Å². The molecule has 3 atom stereocenters. The molecule has 0 aliphatic carbocycles. The molecule has 178 valence electrons. The summed E-state index contributed by atoms with van der Waals surface area (Å²) < 4.78 is 19.4. The van der Waals surface area contributed by atoms with Crippen molar-refractivity contribution in [1.29, 1.82) is 0 Å². The first-order valence-electron chi connectivity index (χ1n) is 12.1. The minimum atomic E-state index is -2.10. The van der Waals surface area contributed by atoms with Gasteiger partial charge in [0.1, 0.15) is 12.2 Å². The van der Waals surface area contributed by atoms with E-state index in [1.165, 1.54) is 0 Å². The van der Waals surface area contributed by atoms with Gasteiger partial charge in [0.25, 0.3) is 0 Å². The number of aliphatic hydroxyl groups is 1. The molecule has 0 saturated carbocycles. The van der Waals surface area contributed by atoms with Crippen molar-refractivity contribution in [3.8, 4) is 0 Å². The highest BCUT2D eigenvalue weighted by Crippen LogP contribution is 2.45. The van der Waals surface area contributed by atoms with E-state index in [9.17, 15) is 5.11 Å². The Morgan fingerprint density at radius 3 is 1.50 bits per heavy atom. The molecule has 0 aromatic rings. The molecule has 0 aromatic heterocycles. The van der Waals surface area contributed by atoms with Crippen LogP contribution >= 0.6 is 0 Å². The third-order valence-corrected chi connectivity index (χ3v) is 19.7. The summed E-state index contributed by atoms with van der Waals surface area (Å²) in [5, 5.41) is 11.2. The van der Waals surface area contributed by atoms with E-state index in [0.717, 1.165) is 0 Å². The van der Waals surface area contributed by atoms with E-state index in [1.807, 2.05) is 6.08 Å². The molecule has 0 radical (unpaired) electrons. The van der Waals surface area contributed by atoms with Crippen LogP contribution in [0.1, 0.15) is 83.1 Å². The van der Waals surface area contributed by atoms with Gasteiger partial charge in [-0.05, 0) is 39.3 Å². The SMILES string of the molecule is CC(C)[Si](OC[C@H]1OC=C[C@@H](O[Si](C(C)C)(C(C)C)C(C)C)[C@H]1O)(C(C)C)C(C)C. The third kappa shape index (κ3) is 5.42. The lowest BCUT2D eigenvalue weighted by atomic mass is 10.1. The minimum absolute atomic E-state index is 0.334. The summed E-state index contributed by atoms with van der Waals surface area (Å²) in [5.41, 5.74) is 2.92. The maximum atomic E-state index is 11.2. The predicted molar refractivity (Wildman–Crippen MR) is 133 cm³/mol. The summed E-state index contributed by atoms with van der Waals surface area (Å²) in [4.78, 5) is 0. The summed E-state index contributed by atoms with van der Waals surface area (Å²) in [6, 6.07) is 0. The predicted octanol–water partition coefficient (Wildman–Crippen LogP) is 7.01. The first kappa shape index (κ1) is 27.9. The Kier molecular flexibility index (Phi) is 10.3. The van der Waals surface area contributed by atoms with Crippen LogP contribution in [0.3, 0.4) is 0 Å². The van der Waals surface area contributed by atoms with Crippen LogP contribution in [-0.4, -0.2) is 46.7 Å². The summed E-state index contributed by atoms with van der Waals surface area (Å²) in [5.74, 6) is 0. The van der Waals surface area contributed by atoms with Crippen LogP contribution in [-0.2, 0) is 13.6 Å². The van der Waals surface area contributed by atoms with Crippen molar-refractivity contribution < 1.29 is 18.7 Å². The van der Waals surface area contributed by atoms with Gasteiger partial charge in [0.05, 0.1) is 19.0 Å². The van der Waals surface area contributed by atoms with Gasteiger partial charge in [-0.3, -0.25) is 0 Å². The Labute approximate surface area is 189 Å². The van der Waals surface area contributed by atoms with Crippen LogP contribution in [0.25, 0.3) is 0 Å². The molecule has 0 saturated heterocycles. The fourth-order valence-electron chi connectivity index (χ4n) is 6.25. The normalized spacial score (nSPS) is 23.5. The molecule has 1 heterocycles. The first-order valence-corrected chi connectivity index (χ1v) is 16.3. The lowest BCUT2D eigenvalue weighted by Crippen LogP contribution is -2.56. The zero-order valence-electron chi connectivity index (χ0n) is 21.7. The van der Waals surface area contributed by atoms with Crippen LogP contribution < -0.4 is 0 Å². The van der Waals surface area contributed by atoms with Crippen molar-refractivity contribution in [1.82, 2.24) is 0 Å². The molecule has 1 rings (SSSR count). The van der Waals surface area contributed by atoms with E-state index >= 15 is 0 Å². The average Bonchev–Trinajstić information content (AvgIpc) is 2.60. The molecule has 0 fully saturated rings. The highest BCUT2D eigenvalue weighted by molar-refractivity contribution is 6.78. The average molecular weight is 459 g/mol. The number of ether oxygens (including phenoxy) is 1. The lowest BCUT2D eigenvalue weighted by molar-refractivity contribution is -0.0761. The third-order valence-electron chi connectivity index (χ3n) is 7.49. The zero-order chi connectivity index (χ0) is 23.4. The number of hydrogen-bond donors (Lipinski definition) is 1. The van der Waals surface area contributed by atoms with Gasteiger partial charge >= 0.3 is 0 Å². The smallest absolute Gasteiger partial charge is 0.201 e. The molecule has 1 N–H and O–H groups in total. The molecule has 0 spiro atoms. The van der Waals surface area contributed by atoms with E-state index in [-0.39, 0.29) is 12.2 Å². The molecule has 1 aliphatic heterocycles. The van der Waals surface area contributed by atoms with Crippen LogP contribution in [0.2, 0.25) is 33.2 Å². The molecule has 0 bridgehead atoms. The molecule has 0 unspecified atom stereocenters. The van der Waals surface area contributed by atoms with Crippen molar-refractivity contribution in [2.75, 3.05) is 6.61 Å². The maximum Gasteiger partial charge on any atom is 0.201 e. The van der Waals surface area contributed by atoms with Crippen molar-refractivity contribution in [3.63, 3.8) is 0 Å². The quantitative estimate of drug-likeness (QED) is 0.338. The Morgan fingerprint density at radius 1 is 0.733 bits per heavy atom. The van der Waals surface area contributed by atoms with E-state index in [2.05, 4.69) is 83.1 Å². The second kappa shape index (κ2) is 11.1. The fraction of sp³-hybridized carbons (Fsp3) is 0.917. The summed E-state index contributed by atoms with van der Waals surface area (Å²) >= 11 is 0. The Bertz CT molecular complexity index is 500. The van der Waals surface area contributed by atoms with Crippen molar-refractivity contribution in [3.05, 3.63) is 12.3 Å². The zero-order valence-corrected chi connectivity index (χ0v) is 23.7. The molecular formula is C24H50O4Si2.